The first kappa shape index (κ1) is 25.3. The van der Waals surface area contributed by atoms with Crippen molar-refractivity contribution in [3.63, 3.8) is 0 Å². The molecule has 0 aliphatic rings. The SMILES string of the molecule is CNC(=O)Cc1cn(-c2ccccc2)c(NC(=O)c2ccc3c(cnn3COCC[Si](C)(C)C)c2)n1. The van der Waals surface area contributed by atoms with Gasteiger partial charge < -0.3 is 10.1 Å². The molecule has 0 bridgehead atoms. The number of hydrogen-bond donors (Lipinski definition) is 2. The maximum Gasteiger partial charge on any atom is 0.258 e. The summed E-state index contributed by atoms with van der Waals surface area (Å²) < 4.78 is 9.40. The Morgan fingerprint density at radius 1 is 1.08 bits per heavy atom. The van der Waals surface area contributed by atoms with E-state index in [1.165, 1.54) is 0 Å². The third-order valence-electron chi connectivity index (χ3n) is 5.75. The van der Waals surface area contributed by atoms with E-state index < -0.39 is 8.07 Å². The number of ether oxygens (including phenoxy) is 1. The molecule has 2 amide bonds. The molecule has 0 unspecified atom stereocenters. The molecule has 4 rings (SSSR count). The number of imidazole rings is 1. The molecule has 2 N–H and O–H groups in total. The lowest BCUT2D eigenvalue weighted by atomic mass is 10.1. The summed E-state index contributed by atoms with van der Waals surface area (Å²) in [5, 5.41) is 10.8. The molecule has 36 heavy (non-hydrogen) atoms. The Morgan fingerprint density at radius 3 is 2.58 bits per heavy atom. The quantitative estimate of drug-likeness (QED) is 0.250. The van der Waals surface area contributed by atoms with Crippen LogP contribution < -0.4 is 10.6 Å². The number of nitrogens with one attached hydrogen (secondary N) is 2. The van der Waals surface area contributed by atoms with Gasteiger partial charge in [0.05, 0.1) is 23.8 Å². The van der Waals surface area contributed by atoms with E-state index in [0.717, 1.165) is 22.6 Å². The molecule has 0 fully saturated rings. The molecule has 4 aromatic rings. The molecular weight excluding hydrogens is 472 g/mol. The molecule has 0 atom stereocenters. The summed E-state index contributed by atoms with van der Waals surface area (Å²) >= 11 is 0. The van der Waals surface area contributed by atoms with Gasteiger partial charge in [-0.05, 0) is 36.4 Å². The number of carbonyl (C=O) groups excluding carboxylic acids is 2. The lowest BCUT2D eigenvalue weighted by Gasteiger charge is -2.15. The number of carbonyl (C=O) groups is 2. The van der Waals surface area contributed by atoms with Crippen molar-refractivity contribution in [1.29, 1.82) is 0 Å². The van der Waals surface area contributed by atoms with Gasteiger partial charge in [0.15, 0.2) is 0 Å². The average Bonchev–Trinajstić information content (AvgIpc) is 3.44. The van der Waals surface area contributed by atoms with Crippen LogP contribution in [0.1, 0.15) is 16.1 Å². The number of fused-ring (bicyclic) bond motifs is 1. The molecule has 0 spiro atoms. The van der Waals surface area contributed by atoms with Gasteiger partial charge in [0, 0.05) is 44.6 Å². The Kier molecular flexibility index (Phi) is 7.66. The van der Waals surface area contributed by atoms with Gasteiger partial charge in [-0.3, -0.25) is 19.5 Å². The lowest BCUT2D eigenvalue weighted by Crippen LogP contribution is -2.22. The van der Waals surface area contributed by atoms with Crippen LogP contribution in [0.5, 0.6) is 0 Å². The highest BCUT2D eigenvalue weighted by atomic mass is 28.3. The lowest BCUT2D eigenvalue weighted by molar-refractivity contribution is -0.120. The van der Waals surface area contributed by atoms with Gasteiger partial charge in [-0.15, -0.1) is 0 Å². The smallest absolute Gasteiger partial charge is 0.258 e. The number of aromatic nitrogens is 4. The van der Waals surface area contributed by atoms with Gasteiger partial charge in [0.2, 0.25) is 11.9 Å². The largest absolute Gasteiger partial charge is 0.360 e. The molecule has 2 aromatic heterocycles. The van der Waals surface area contributed by atoms with Crippen molar-refractivity contribution in [2.75, 3.05) is 19.0 Å². The Balaban J connectivity index is 1.51. The maximum atomic E-state index is 13.1. The fourth-order valence-electron chi connectivity index (χ4n) is 3.67. The van der Waals surface area contributed by atoms with Crippen molar-refractivity contribution in [3.05, 3.63) is 72.2 Å². The molecule has 188 valence electrons. The van der Waals surface area contributed by atoms with Crippen LogP contribution in [-0.2, 0) is 22.7 Å². The van der Waals surface area contributed by atoms with Gasteiger partial charge in [-0.1, -0.05) is 37.8 Å². The zero-order chi connectivity index (χ0) is 25.7. The normalized spacial score (nSPS) is 11.6. The fraction of sp³-hybridized carbons (Fsp3) is 0.308. The third kappa shape index (κ3) is 6.26. The van der Waals surface area contributed by atoms with E-state index >= 15 is 0 Å². The second-order valence-electron chi connectivity index (χ2n) is 9.83. The molecule has 9 nitrogen and oxygen atoms in total. The zero-order valence-corrected chi connectivity index (χ0v) is 22.1. The minimum absolute atomic E-state index is 0.115. The van der Waals surface area contributed by atoms with Crippen molar-refractivity contribution in [3.8, 4) is 5.69 Å². The number of benzene rings is 2. The molecule has 0 aliphatic carbocycles. The molecule has 0 aliphatic heterocycles. The van der Waals surface area contributed by atoms with Gasteiger partial charge >= 0.3 is 0 Å². The van der Waals surface area contributed by atoms with E-state index in [9.17, 15) is 9.59 Å². The van der Waals surface area contributed by atoms with Crippen LogP contribution in [-0.4, -0.2) is 52.9 Å². The van der Waals surface area contributed by atoms with E-state index in [4.69, 9.17) is 4.74 Å². The monoisotopic (exact) mass is 504 g/mol. The first-order valence-corrected chi connectivity index (χ1v) is 15.6. The second-order valence-corrected chi connectivity index (χ2v) is 15.5. The number of amides is 2. The predicted octanol–water partition coefficient (Wildman–Crippen LogP) is 4.08. The summed E-state index contributed by atoms with van der Waals surface area (Å²) in [7, 11) is 0.435. The number of likely N-dealkylation sites (N-methyl/N-ethyl adjacent to an activating group) is 1. The van der Waals surface area contributed by atoms with Gasteiger partial charge in [-0.25, -0.2) is 9.67 Å². The number of para-hydroxylation sites is 1. The van der Waals surface area contributed by atoms with E-state index in [1.807, 2.05) is 36.4 Å². The third-order valence-corrected chi connectivity index (χ3v) is 7.45. The number of nitrogens with zero attached hydrogens (tertiary/aromatic N) is 4. The van der Waals surface area contributed by atoms with Crippen LogP contribution in [0.15, 0.2) is 60.9 Å². The highest BCUT2D eigenvalue weighted by molar-refractivity contribution is 6.76. The first-order chi connectivity index (χ1) is 17.2. The summed E-state index contributed by atoms with van der Waals surface area (Å²) in [6, 6.07) is 16.1. The molecule has 0 saturated heterocycles. The number of hydrogen-bond acceptors (Lipinski definition) is 5. The minimum Gasteiger partial charge on any atom is -0.360 e. The molecule has 2 heterocycles. The highest BCUT2D eigenvalue weighted by Gasteiger charge is 2.17. The van der Waals surface area contributed by atoms with Crippen molar-refractivity contribution >= 4 is 36.7 Å². The fourth-order valence-corrected chi connectivity index (χ4v) is 4.43. The number of rotatable bonds is 10. The second kappa shape index (κ2) is 10.9. The average molecular weight is 505 g/mol. The van der Waals surface area contributed by atoms with Gasteiger partial charge in [0.25, 0.3) is 5.91 Å². The van der Waals surface area contributed by atoms with Crippen LogP contribution in [0.4, 0.5) is 5.95 Å². The minimum atomic E-state index is -1.15. The topological polar surface area (TPSA) is 103 Å². The van der Waals surface area contributed by atoms with Crippen molar-refractivity contribution < 1.29 is 14.3 Å². The summed E-state index contributed by atoms with van der Waals surface area (Å²) in [4.78, 5) is 29.5. The van der Waals surface area contributed by atoms with E-state index in [2.05, 4.69) is 40.4 Å². The Morgan fingerprint density at radius 2 is 1.86 bits per heavy atom. The first-order valence-electron chi connectivity index (χ1n) is 11.9. The molecule has 0 radical (unpaired) electrons. The summed E-state index contributed by atoms with van der Waals surface area (Å²) in [6.45, 7) is 8.06. The predicted molar refractivity (Wildman–Crippen MR) is 143 cm³/mol. The maximum absolute atomic E-state index is 13.1. The molecule has 10 heteroatoms. The van der Waals surface area contributed by atoms with E-state index in [1.54, 1.807) is 40.8 Å². The Hall–Kier alpha value is -3.76. The van der Waals surface area contributed by atoms with E-state index in [0.29, 0.717) is 30.5 Å². The van der Waals surface area contributed by atoms with E-state index in [-0.39, 0.29) is 18.2 Å². The zero-order valence-electron chi connectivity index (χ0n) is 21.1. The summed E-state index contributed by atoms with van der Waals surface area (Å²) in [5.74, 6) is -0.112. The molecule has 0 saturated carbocycles. The molecule has 2 aromatic carbocycles. The van der Waals surface area contributed by atoms with Gasteiger partial charge in [0.1, 0.15) is 6.73 Å². The standard InChI is InChI=1S/C26H32N6O3Si/c1-27-24(33)15-21-17-31(22-8-6-5-7-9-22)26(29-21)30-25(34)19-10-11-23-20(14-19)16-28-32(23)18-35-12-13-36(2,3)4/h5-11,14,16-17H,12-13,15,18H2,1-4H3,(H,27,33)(H,29,30,34). The van der Waals surface area contributed by atoms with Crippen molar-refractivity contribution in [2.45, 2.75) is 38.8 Å². The number of anilines is 1. The van der Waals surface area contributed by atoms with Gasteiger partial charge in [-0.2, -0.15) is 5.10 Å². The Labute approximate surface area is 211 Å². The van der Waals surface area contributed by atoms with Crippen molar-refractivity contribution in [2.24, 2.45) is 0 Å². The van der Waals surface area contributed by atoms with Crippen molar-refractivity contribution in [1.82, 2.24) is 24.6 Å². The summed E-state index contributed by atoms with van der Waals surface area (Å²) in [5.41, 5.74) is 2.77. The van der Waals surface area contributed by atoms with Crippen LogP contribution in [0, 0.1) is 0 Å². The molecular formula is C26H32N6O3Si. The summed E-state index contributed by atoms with van der Waals surface area (Å²) in [6.07, 6.45) is 3.61. The van der Waals surface area contributed by atoms with Crippen LogP contribution in [0.2, 0.25) is 25.7 Å². The van der Waals surface area contributed by atoms with Crippen LogP contribution in [0.3, 0.4) is 0 Å². The highest BCUT2D eigenvalue weighted by Crippen LogP contribution is 2.20. The van der Waals surface area contributed by atoms with Crippen LogP contribution in [0.25, 0.3) is 16.6 Å². The van der Waals surface area contributed by atoms with Crippen LogP contribution >= 0.6 is 0 Å². The Bertz CT molecular complexity index is 1360.